The maximum Gasteiger partial charge on any atom is 0.209 e. The van der Waals surface area contributed by atoms with Crippen molar-refractivity contribution in [2.75, 3.05) is 5.75 Å². The van der Waals surface area contributed by atoms with Gasteiger partial charge in [-0.3, -0.25) is 9.89 Å². The minimum absolute atomic E-state index is 0.0263. The fraction of sp³-hybridized carbons (Fsp3) is 0.235. The van der Waals surface area contributed by atoms with Crippen molar-refractivity contribution in [2.45, 2.75) is 19.0 Å². The summed E-state index contributed by atoms with van der Waals surface area (Å²) in [5.74, 6) is 0.253. The van der Waals surface area contributed by atoms with E-state index in [1.807, 2.05) is 31.5 Å². The maximum atomic E-state index is 13.8. The zero-order valence-electron chi connectivity index (χ0n) is 13.6. The van der Waals surface area contributed by atoms with Crippen LogP contribution in [0.3, 0.4) is 0 Å². The number of rotatable bonds is 5. The molecule has 0 aliphatic rings. The van der Waals surface area contributed by atoms with E-state index in [0.29, 0.717) is 22.1 Å². The number of aromatic nitrogens is 4. The summed E-state index contributed by atoms with van der Waals surface area (Å²) in [6.07, 6.45) is 0. The number of carbonyl (C=O) groups is 1. The van der Waals surface area contributed by atoms with E-state index in [4.69, 9.17) is 0 Å². The second-order valence-electron chi connectivity index (χ2n) is 5.50. The van der Waals surface area contributed by atoms with Gasteiger partial charge in [-0.25, -0.2) is 9.37 Å². The van der Waals surface area contributed by atoms with E-state index in [9.17, 15) is 9.18 Å². The summed E-state index contributed by atoms with van der Waals surface area (Å²) >= 11 is 1.23. The van der Waals surface area contributed by atoms with Gasteiger partial charge in [0.2, 0.25) is 5.16 Å². The number of hydrogen-bond acceptors (Lipinski definition) is 4. The quantitative estimate of drug-likeness (QED) is 0.568. The molecule has 0 spiro atoms. The van der Waals surface area contributed by atoms with Crippen LogP contribution in [0.25, 0.3) is 11.4 Å². The second-order valence-corrected chi connectivity index (χ2v) is 6.44. The highest BCUT2D eigenvalue weighted by Gasteiger charge is 2.16. The van der Waals surface area contributed by atoms with Crippen LogP contribution < -0.4 is 0 Å². The Morgan fingerprint density at radius 2 is 2.08 bits per heavy atom. The Labute approximate surface area is 143 Å². The molecule has 0 amide bonds. The van der Waals surface area contributed by atoms with Crippen molar-refractivity contribution in [3.05, 3.63) is 53.1 Å². The van der Waals surface area contributed by atoms with E-state index < -0.39 is 0 Å². The number of nitrogens with one attached hydrogen (secondary N) is 1. The lowest BCUT2D eigenvalue weighted by molar-refractivity contribution is 0.102. The third-order valence-corrected chi connectivity index (χ3v) is 4.85. The number of aromatic amines is 1. The molecular formula is C17H17FN4OS. The number of Topliss-reactive ketones (excluding diaryl/α,β-unsaturated/α-hetero) is 1. The number of aryl methyl sites for hydroxylation is 1. The van der Waals surface area contributed by atoms with Crippen molar-refractivity contribution < 1.29 is 9.18 Å². The minimum atomic E-state index is -0.364. The number of hydrogen-bond donors (Lipinski definition) is 1. The highest BCUT2D eigenvalue weighted by atomic mass is 32.2. The summed E-state index contributed by atoms with van der Waals surface area (Å²) in [5, 5.41) is 7.18. The Balaban J connectivity index is 1.71. The Kier molecular flexibility index (Phi) is 4.53. The molecule has 2 heterocycles. The van der Waals surface area contributed by atoms with Crippen molar-refractivity contribution in [3.8, 4) is 11.4 Å². The number of halogens is 1. The number of nitrogens with zero attached hydrogens (tertiary/aromatic N) is 3. The molecule has 124 valence electrons. The van der Waals surface area contributed by atoms with E-state index >= 15 is 0 Å². The summed E-state index contributed by atoms with van der Waals surface area (Å²) in [6, 6.07) is 8.24. The van der Waals surface area contributed by atoms with Gasteiger partial charge in [-0.1, -0.05) is 23.9 Å². The lowest BCUT2D eigenvalue weighted by Gasteiger charge is -2.01. The molecule has 0 aliphatic heterocycles. The van der Waals surface area contributed by atoms with Crippen LogP contribution in [0.15, 0.2) is 35.5 Å². The first-order valence-corrected chi connectivity index (χ1v) is 8.42. The van der Waals surface area contributed by atoms with Crippen LogP contribution in [0, 0.1) is 19.7 Å². The first-order valence-electron chi connectivity index (χ1n) is 7.43. The summed E-state index contributed by atoms with van der Waals surface area (Å²) in [6.45, 7) is 3.89. The lowest BCUT2D eigenvalue weighted by Crippen LogP contribution is -2.04. The molecule has 0 aliphatic carbocycles. The molecule has 2 aromatic heterocycles. The molecule has 0 bridgehead atoms. The van der Waals surface area contributed by atoms with Crippen LogP contribution in [0.2, 0.25) is 0 Å². The van der Waals surface area contributed by atoms with E-state index in [-0.39, 0.29) is 17.4 Å². The fourth-order valence-electron chi connectivity index (χ4n) is 2.43. The normalized spacial score (nSPS) is 11.0. The molecule has 1 N–H and O–H groups in total. The maximum absolute atomic E-state index is 13.8. The third kappa shape index (κ3) is 3.12. The first-order chi connectivity index (χ1) is 11.5. The number of benzene rings is 1. The highest BCUT2D eigenvalue weighted by Crippen LogP contribution is 2.23. The summed E-state index contributed by atoms with van der Waals surface area (Å²) < 4.78 is 15.7. The Morgan fingerprint density at radius 3 is 2.75 bits per heavy atom. The van der Waals surface area contributed by atoms with Gasteiger partial charge in [-0.05, 0) is 32.0 Å². The molecule has 0 saturated heterocycles. The SMILES string of the molecule is Cc1cc(C(=O)CSc2n[nH]c(-c3ccccc3F)n2)c(C)n1C. The molecule has 0 fully saturated rings. The van der Waals surface area contributed by atoms with Gasteiger partial charge in [-0.15, -0.1) is 5.10 Å². The van der Waals surface area contributed by atoms with Crippen molar-refractivity contribution in [1.29, 1.82) is 0 Å². The van der Waals surface area contributed by atoms with Crippen LogP contribution in [-0.4, -0.2) is 31.3 Å². The average molecular weight is 344 g/mol. The van der Waals surface area contributed by atoms with E-state index in [0.717, 1.165) is 11.4 Å². The fourth-order valence-corrected chi connectivity index (χ4v) is 3.11. The number of H-pyrrole nitrogens is 1. The third-order valence-electron chi connectivity index (χ3n) is 4.00. The highest BCUT2D eigenvalue weighted by molar-refractivity contribution is 7.99. The van der Waals surface area contributed by atoms with Crippen LogP contribution in [-0.2, 0) is 7.05 Å². The molecule has 24 heavy (non-hydrogen) atoms. The van der Waals surface area contributed by atoms with Crippen molar-refractivity contribution in [2.24, 2.45) is 7.05 Å². The van der Waals surface area contributed by atoms with E-state index in [1.54, 1.807) is 18.2 Å². The molecule has 1 aromatic carbocycles. The first kappa shape index (κ1) is 16.4. The summed E-state index contributed by atoms with van der Waals surface area (Å²) in [5.41, 5.74) is 3.06. The van der Waals surface area contributed by atoms with Crippen LogP contribution in [0.5, 0.6) is 0 Å². The molecule has 3 rings (SSSR count). The van der Waals surface area contributed by atoms with Gasteiger partial charge in [0.05, 0.1) is 11.3 Å². The molecule has 5 nitrogen and oxygen atoms in total. The lowest BCUT2D eigenvalue weighted by atomic mass is 10.2. The molecule has 0 unspecified atom stereocenters. The van der Waals surface area contributed by atoms with Gasteiger partial charge in [0, 0.05) is 24.0 Å². The average Bonchev–Trinajstić information content (AvgIpc) is 3.14. The number of ketones is 1. The standard InChI is InChI=1S/C17H17FN4OS/c1-10-8-13(11(2)22(10)3)15(23)9-24-17-19-16(20-21-17)12-6-4-5-7-14(12)18/h4-8H,9H2,1-3H3,(H,19,20,21). The van der Waals surface area contributed by atoms with Gasteiger partial charge in [0.1, 0.15) is 5.82 Å². The number of thioether (sulfide) groups is 1. The predicted molar refractivity (Wildman–Crippen MR) is 91.7 cm³/mol. The van der Waals surface area contributed by atoms with Crippen molar-refractivity contribution in [1.82, 2.24) is 19.7 Å². The molecular weight excluding hydrogens is 327 g/mol. The van der Waals surface area contributed by atoms with Gasteiger partial charge < -0.3 is 4.57 Å². The molecule has 0 radical (unpaired) electrons. The van der Waals surface area contributed by atoms with Gasteiger partial charge in [0.15, 0.2) is 11.6 Å². The smallest absolute Gasteiger partial charge is 0.209 e. The zero-order valence-corrected chi connectivity index (χ0v) is 14.4. The molecule has 0 atom stereocenters. The Bertz CT molecular complexity index is 900. The van der Waals surface area contributed by atoms with Gasteiger partial charge in [-0.2, -0.15) is 0 Å². The summed E-state index contributed by atoms with van der Waals surface area (Å²) in [7, 11) is 1.94. The Hall–Kier alpha value is -2.41. The van der Waals surface area contributed by atoms with Crippen molar-refractivity contribution in [3.63, 3.8) is 0 Å². The van der Waals surface area contributed by atoms with E-state index in [1.165, 1.54) is 17.8 Å². The monoisotopic (exact) mass is 344 g/mol. The van der Waals surface area contributed by atoms with Crippen LogP contribution >= 0.6 is 11.8 Å². The zero-order chi connectivity index (χ0) is 17.3. The predicted octanol–water partition coefficient (Wildman–Crippen LogP) is 3.54. The van der Waals surface area contributed by atoms with Crippen LogP contribution in [0.1, 0.15) is 21.7 Å². The van der Waals surface area contributed by atoms with Crippen molar-refractivity contribution >= 4 is 17.5 Å². The Morgan fingerprint density at radius 1 is 1.33 bits per heavy atom. The second kappa shape index (κ2) is 6.60. The largest absolute Gasteiger partial charge is 0.351 e. The molecule has 3 aromatic rings. The van der Waals surface area contributed by atoms with Crippen LogP contribution in [0.4, 0.5) is 4.39 Å². The minimum Gasteiger partial charge on any atom is -0.351 e. The number of carbonyl (C=O) groups excluding carboxylic acids is 1. The summed E-state index contributed by atoms with van der Waals surface area (Å²) in [4.78, 5) is 16.6. The molecule has 7 heteroatoms. The molecule has 0 saturated carbocycles. The van der Waals surface area contributed by atoms with E-state index in [2.05, 4.69) is 15.2 Å². The topological polar surface area (TPSA) is 63.6 Å². The van der Waals surface area contributed by atoms with Gasteiger partial charge in [0.25, 0.3) is 0 Å². The van der Waals surface area contributed by atoms with Gasteiger partial charge >= 0.3 is 0 Å².